The third-order valence-corrected chi connectivity index (χ3v) is 6.82. The number of thiophene rings is 1. The van der Waals surface area contributed by atoms with Crippen LogP contribution < -0.4 is 0 Å². The van der Waals surface area contributed by atoms with Crippen molar-refractivity contribution < 1.29 is 4.79 Å². The molecule has 3 heterocycles. The lowest BCUT2D eigenvalue weighted by Gasteiger charge is -2.49. The standard InChI is InChI=1S/C21H26N2OS/c1-22-16-21(14-19(20(22)24)17-6-3-2-4-7-17)9-11-23(12-10-21)15-18-8-5-13-25-18/h2-8,13,19H,9-12,14-16H2,1H3/t19-/m1/s1. The van der Waals surface area contributed by atoms with Crippen LogP contribution in [0.2, 0.25) is 0 Å². The van der Waals surface area contributed by atoms with Crippen molar-refractivity contribution in [3.63, 3.8) is 0 Å². The molecular weight excluding hydrogens is 328 g/mol. The molecule has 2 saturated heterocycles. The number of piperidine rings is 2. The van der Waals surface area contributed by atoms with Gasteiger partial charge in [-0.3, -0.25) is 9.69 Å². The Hall–Kier alpha value is -1.65. The van der Waals surface area contributed by atoms with Crippen LogP contribution in [0, 0.1) is 5.41 Å². The zero-order valence-corrected chi connectivity index (χ0v) is 15.7. The van der Waals surface area contributed by atoms with Gasteiger partial charge in [-0.2, -0.15) is 0 Å². The van der Waals surface area contributed by atoms with Crippen LogP contribution >= 0.6 is 11.3 Å². The normalized spacial score (nSPS) is 24.0. The Morgan fingerprint density at radius 3 is 2.56 bits per heavy atom. The molecule has 0 aliphatic carbocycles. The average Bonchev–Trinajstić information content (AvgIpc) is 3.14. The summed E-state index contributed by atoms with van der Waals surface area (Å²) in [7, 11) is 1.98. The number of carbonyl (C=O) groups is 1. The lowest BCUT2D eigenvalue weighted by atomic mass is 9.68. The van der Waals surface area contributed by atoms with Gasteiger partial charge in [0.1, 0.15) is 0 Å². The molecule has 25 heavy (non-hydrogen) atoms. The molecule has 4 rings (SSSR count). The predicted octanol–water partition coefficient (Wildman–Crippen LogP) is 3.98. The molecule has 1 aromatic carbocycles. The Morgan fingerprint density at radius 2 is 1.88 bits per heavy atom. The number of amides is 1. The zero-order chi connectivity index (χ0) is 17.3. The lowest BCUT2D eigenvalue weighted by molar-refractivity contribution is -0.139. The molecule has 3 nitrogen and oxygen atoms in total. The number of benzene rings is 1. The van der Waals surface area contributed by atoms with Gasteiger partial charge in [0.05, 0.1) is 5.92 Å². The summed E-state index contributed by atoms with van der Waals surface area (Å²) in [5.74, 6) is 0.321. The Labute approximate surface area is 154 Å². The molecule has 0 radical (unpaired) electrons. The summed E-state index contributed by atoms with van der Waals surface area (Å²) in [6, 6.07) is 14.7. The molecule has 132 valence electrons. The van der Waals surface area contributed by atoms with Crippen molar-refractivity contribution in [1.82, 2.24) is 9.80 Å². The summed E-state index contributed by atoms with van der Waals surface area (Å²) in [6.07, 6.45) is 3.39. The highest BCUT2D eigenvalue weighted by atomic mass is 32.1. The van der Waals surface area contributed by atoms with E-state index in [2.05, 4.69) is 34.5 Å². The minimum absolute atomic E-state index is 0.0313. The predicted molar refractivity (Wildman–Crippen MR) is 103 cm³/mol. The van der Waals surface area contributed by atoms with Gasteiger partial charge in [0.15, 0.2) is 0 Å². The van der Waals surface area contributed by atoms with Gasteiger partial charge in [-0.25, -0.2) is 0 Å². The maximum absolute atomic E-state index is 12.7. The smallest absolute Gasteiger partial charge is 0.229 e. The first kappa shape index (κ1) is 16.8. The van der Waals surface area contributed by atoms with Gasteiger partial charge in [-0.05, 0) is 54.8 Å². The molecule has 1 spiro atoms. The highest BCUT2D eigenvalue weighted by Gasteiger charge is 2.44. The maximum atomic E-state index is 12.7. The Balaban J connectivity index is 1.46. The second-order valence-corrected chi connectivity index (χ2v) is 8.75. The molecule has 2 fully saturated rings. The Bertz CT molecular complexity index is 705. The second-order valence-electron chi connectivity index (χ2n) is 7.72. The number of carbonyl (C=O) groups excluding carboxylic acids is 1. The quantitative estimate of drug-likeness (QED) is 0.832. The van der Waals surface area contributed by atoms with Crippen LogP contribution in [0.25, 0.3) is 0 Å². The minimum Gasteiger partial charge on any atom is -0.345 e. The van der Waals surface area contributed by atoms with Gasteiger partial charge in [0.25, 0.3) is 0 Å². The molecule has 0 saturated carbocycles. The number of likely N-dealkylation sites (tertiary alicyclic amines) is 2. The first-order valence-corrected chi connectivity index (χ1v) is 10.1. The van der Waals surface area contributed by atoms with Gasteiger partial charge < -0.3 is 4.90 Å². The van der Waals surface area contributed by atoms with Crippen molar-refractivity contribution in [2.75, 3.05) is 26.7 Å². The number of nitrogens with zero attached hydrogens (tertiary/aromatic N) is 2. The van der Waals surface area contributed by atoms with Crippen molar-refractivity contribution in [2.45, 2.75) is 31.7 Å². The fourth-order valence-corrected chi connectivity index (χ4v) is 5.29. The SMILES string of the molecule is CN1CC2(CCN(Cc3cccs3)CC2)C[C@H](c2ccccc2)C1=O. The molecule has 1 atom stereocenters. The molecule has 0 unspecified atom stereocenters. The van der Waals surface area contributed by atoms with Crippen molar-refractivity contribution in [3.8, 4) is 0 Å². The fourth-order valence-electron chi connectivity index (χ4n) is 4.55. The summed E-state index contributed by atoms with van der Waals surface area (Å²) >= 11 is 1.85. The highest BCUT2D eigenvalue weighted by molar-refractivity contribution is 7.09. The van der Waals surface area contributed by atoms with Crippen LogP contribution in [0.1, 0.15) is 35.6 Å². The third kappa shape index (κ3) is 3.51. The third-order valence-electron chi connectivity index (χ3n) is 5.96. The maximum Gasteiger partial charge on any atom is 0.229 e. The van der Waals surface area contributed by atoms with Crippen LogP contribution in [0.3, 0.4) is 0 Å². The van der Waals surface area contributed by atoms with E-state index >= 15 is 0 Å². The first-order chi connectivity index (χ1) is 12.2. The van der Waals surface area contributed by atoms with Gasteiger partial charge in [-0.1, -0.05) is 36.4 Å². The molecule has 0 N–H and O–H groups in total. The van der Waals surface area contributed by atoms with Crippen molar-refractivity contribution in [1.29, 1.82) is 0 Å². The summed E-state index contributed by atoms with van der Waals surface area (Å²) in [5.41, 5.74) is 1.47. The molecule has 2 aliphatic rings. The van der Waals surface area contributed by atoms with Gasteiger partial charge in [0, 0.05) is 25.0 Å². The van der Waals surface area contributed by atoms with E-state index in [1.165, 1.54) is 23.3 Å². The van der Waals surface area contributed by atoms with E-state index in [4.69, 9.17) is 0 Å². The minimum atomic E-state index is 0.0313. The summed E-state index contributed by atoms with van der Waals surface area (Å²) in [4.78, 5) is 18.8. The van der Waals surface area contributed by atoms with E-state index in [9.17, 15) is 4.79 Å². The van der Waals surface area contributed by atoms with E-state index in [-0.39, 0.29) is 17.2 Å². The van der Waals surface area contributed by atoms with E-state index in [0.717, 1.165) is 32.6 Å². The topological polar surface area (TPSA) is 23.6 Å². The lowest BCUT2D eigenvalue weighted by Crippen LogP contribution is -2.52. The van der Waals surface area contributed by atoms with Gasteiger partial charge >= 0.3 is 0 Å². The van der Waals surface area contributed by atoms with Crippen LogP contribution in [0.4, 0.5) is 0 Å². The highest BCUT2D eigenvalue weighted by Crippen LogP contribution is 2.45. The van der Waals surface area contributed by atoms with Crippen LogP contribution in [0.5, 0.6) is 0 Å². The van der Waals surface area contributed by atoms with Gasteiger partial charge in [-0.15, -0.1) is 11.3 Å². The average molecular weight is 355 g/mol. The molecule has 4 heteroatoms. The summed E-state index contributed by atoms with van der Waals surface area (Å²) < 4.78 is 0. The van der Waals surface area contributed by atoms with E-state index in [1.54, 1.807) is 0 Å². The monoisotopic (exact) mass is 354 g/mol. The molecule has 1 aromatic heterocycles. The van der Waals surface area contributed by atoms with Crippen molar-refractivity contribution in [2.24, 2.45) is 5.41 Å². The summed E-state index contributed by atoms with van der Waals surface area (Å²) in [6.45, 7) is 4.27. The van der Waals surface area contributed by atoms with Crippen LogP contribution in [0.15, 0.2) is 47.8 Å². The Morgan fingerprint density at radius 1 is 1.12 bits per heavy atom. The van der Waals surface area contributed by atoms with E-state index in [0.29, 0.717) is 0 Å². The van der Waals surface area contributed by atoms with Gasteiger partial charge in [0.2, 0.25) is 5.91 Å². The second kappa shape index (κ2) is 6.93. The van der Waals surface area contributed by atoms with Crippen LogP contribution in [-0.4, -0.2) is 42.4 Å². The summed E-state index contributed by atoms with van der Waals surface area (Å²) in [5, 5.41) is 2.16. The fraction of sp³-hybridized carbons (Fsp3) is 0.476. The van der Waals surface area contributed by atoms with Crippen molar-refractivity contribution >= 4 is 17.2 Å². The number of hydrogen-bond acceptors (Lipinski definition) is 3. The first-order valence-electron chi connectivity index (χ1n) is 9.20. The number of likely N-dealkylation sites (N-methyl/N-ethyl adjacent to an activating group) is 1. The van der Waals surface area contributed by atoms with E-state index < -0.39 is 0 Å². The molecular formula is C21H26N2OS. The van der Waals surface area contributed by atoms with Crippen LogP contribution in [-0.2, 0) is 11.3 Å². The zero-order valence-electron chi connectivity index (χ0n) is 14.9. The van der Waals surface area contributed by atoms with Crippen molar-refractivity contribution in [3.05, 3.63) is 58.3 Å². The molecule has 0 bridgehead atoms. The largest absolute Gasteiger partial charge is 0.345 e. The number of rotatable bonds is 3. The molecule has 2 aromatic rings. The van der Waals surface area contributed by atoms with E-state index in [1.807, 2.05) is 41.5 Å². The Kier molecular flexibility index (Phi) is 4.65. The molecule has 2 aliphatic heterocycles. The molecule has 1 amide bonds. The number of hydrogen-bond donors (Lipinski definition) is 0.